The van der Waals surface area contributed by atoms with Crippen molar-refractivity contribution in [2.45, 2.75) is 33.8 Å². The molecule has 1 aromatic carbocycles. The van der Waals surface area contributed by atoms with E-state index in [1.54, 1.807) is 13.8 Å². The summed E-state index contributed by atoms with van der Waals surface area (Å²) in [4.78, 5) is 36.7. The summed E-state index contributed by atoms with van der Waals surface area (Å²) < 4.78 is 10.9. The fraction of sp³-hybridized carbons (Fsp3) is 0.550. The predicted molar refractivity (Wildman–Crippen MR) is 92.7 cm³/mol. The Morgan fingerprint density at radius 3 is 2.60 bits per heavy atom. The number of hydrogen-bond donors (Lipinski definition) is 0. The van der Waals surface area contributed by atoms with Crippen molar-refractivity contribution in [1.82, 2.24) is 0 Å². The number of carbonyl (C=O) groups is 3. The van der Waals surface area contributed by atoms with E-state index in [0.29, 0.717) is 6.61 Å². The monoisotopic (exact) mass is 346 g/mol. The maximum atomic E-state index is 12.5. The fourth-order valence-corrected chi connectivity index (χ4v) is 3.48. The van der Waals surface area contributed by atoms with Crippen LogP contribution in [0.3, 0.4) is 0 Å². The molecule has 5 nitrogen and oxygen atoms in total. The van der Waals surface area contributed by atoms with Crippen LogP contribution in [-0.4, -0.2) is 31.3 Å². The largest absolute Gasteiger partial charge is 0.465 e. The molecule has 1 aliphatic rings. The van der Waals surface area contributed by atoms with E-state index in [-0.39, 0.29) is 31.3 Å². The van der Waals surface area contributed by atoms with Gasteiger partial charge < -0.3 is 14.3 Å². The summed E-state index contributed by atoms with van der Waals surface area (Å²) in [6.07, 6.45) is 1.07. The number of benzene rings is 1. The van der Waals surface area contributed by atoms with Crippen LogP contribution >= 0.6 is 0 Å². The van der Waals surface area contributed by atoms with Gasteiger partial charge in [-0.15, -0.1) is 0 Å². The van der Waals surface area contributed by atoms with Crippen molar-refractivity contribution in [2.75, 3.05) is 13.2 Å². The van der Waals surface area contributed by atoms with E-state index in [1.807, 2.05) is 37.3 Å². The molecule has 136 valence electrons. The Balaban J connectivity index is 2.19. The molecule has 0 spiro atoms. The zero-order valence-corrected chi connectivity index (χ0v) is 15.1. The molecule has 1 aliphatic carbocycles. The molecule has 1 saturated carbocycles. The van der Waals surface area contributed by atoms with Gasteiger partial charge in [0.2, 0.25) is 0 Å². The Hall–Kier alpha value is -2.01. The van der Waals surface area contributed by atoms with Gasteiger partial charge in [-0.1, -0.05) is 44.2 Å². The molecule has 1 aromatic rings. The van der Waals surface area contributed by atoms with Gasteiger partial charge in [0.05, 0.1) is 19.8 Å². The van der Waals surface area contributed by atoms with Gasteiger partial charge in [-0.25, -0.2) is 0 Å². The summed E-state index contributed by atoms with van der Waals surface area (Å²) in [5, 5.41) is 0. The van der Waals surface area contributed by atoms with Crippen LogP contribution in [0.5, 0.6) is 0 Å². The van der Waals surface area contributed by atoms with Gasteiger partial charge in [-0.3, -0.25) is 9.59 Å². The number of ether oxygens (including phenoxy) is 2. The van der Waals surface area contributed by atoms with Crippen molar-refractivity contribution in [3.8, 4) is 0 Å². The average molecular weight is 346 g/mol. The minimum absolute atomic E-state index is 0.145. The highest BCUT2D eigenvalue weighted by Crippen LogP contribution is 2.46. The first-order chi connectivity index (χ1) is 11.9. The zero-order valence-electron chi connectivity index (χ0n) is 15.1. The number of aldehydes is 1. The normalized spacial score (nSPS) is 29.2. The molecule has 0 bridgehead atoms. The summed E-state index contributed by atoms with van der Waals surface area (Å²) in [5.74, 6) is -2.33. The summed E-state index contributed by atoms with van der Waals surface area (Å²) in [6, 6.07) is 9.64. The Kier molecular flexibility index (Phi) is 6.48. The first-order valence-electron chi connectivity index (χ1n) is 8.71. The van der Waals surface area contributed by atoms with Crippen molar-refractivity contribution in [1.29, 1.82) is 0 Å². The average Bonchev–Trinajstić information content (AvgIpc) is 2.60. The van der Waals surface area contributed by atoms with E-state index < -0.39 is 23.2 Å². The van der Waals surface area contributed by atoms with Crippen LogP contribution in [-0.2, 0) is 30.5 Å². The minimum atomic E-state index is -0.942. The molecule has 2 rings (SSSR count). The second kappa shape index (κ2) is 8.39. The molecular formula is C20H26O5. The van der Waals surface area contributed by atoms with Crippen LogP contribution in [0.25, 0.3) is 0 Å². The van der Waals surface area contributed by atoms with Gasteiger partial charge in [0, 0.05) is 17.8 Å². The topological polar surface area (TPSA) is 69.7 Å². The molecule has 0 amide bonds. The highest BCUT2D eigenvalue weighted by Gasteiger charge is 2.53. The first kappa shape index (κ1) is 19.3. The van der Waals surface area contributed by atoms with Crippen molar-refractivity contribution in [3.63, 3.8) is 0 Å². The Bertz CT molecular complexity index is 604. The second-order valence-corrected chi connectivity index (χ2v) is 6.89. The number of hydrogen-bond acceptors (Lipinski definition) is 5. The summed E-state index contributed by atoms with van der Waals surface area (Å²) >= 11 is 0. The molecule has 1 fully saturated rings. The molecule has 0 radical (unpaired) electrons. The SMILES string of the molecule is CCOC(=O)[C@@H]1C(=O)C[C@@H](C)[C@](C)(C=O)[C@H]1COCc1ccccc1. The second-order valence-electron chi connectivity index (χ2n) is 6.89. The molecule has 0 aromatic heterocycles. The Labute approximate surface area is 148 Å². The quantitative estimate of drug-likeness (QED) is 0.431. The van der Waals surface area contributed by atoms with E-state index >= 15 is 0 Å². The number of esters is 1. The van der Waals surface area contributed by atoms with Crippen LogP contribution in [0, 0.1) is 23.2 Å². The Morgan fingerprint density at radius 1 is 1.32 bits per heavy atom. The third-order valence-corrected chi connectivity index (χ3v) is 5.32. The number of rotatable bonds is 7. The lowest BCUT2D eigenvalue weighted by Crippen LogP contribution is -2.52. The lowest BCUT2D eigenvalue weighted by molar-refractivity contribution is -0.165. The molecule has 0 heterocycles. The van der Waals surface area contributed by atoms with Crippen molar-refractivity contribution in [2.24, 2.45) is 23.2 Å². The van der Waals surface area contributed by atoms with Crippen LogP contribution in [0.2, 0.25) is 0 Å². The highest BCUT2D eigenvalue weighted by molar-refractivity contribution is 6.01. The number of carbonyl (C=O) groups excluding carboxylic acids is 3. The smallest absolute Gasteiger partial charge is 0.316 e. The maximum Gasteiger partial charge on any atom is 0.316 e. The van der Waals surface area contributed by atoms with Gasteiger partial charge in [0.1, 0.15) is 18.0 Å². The number of Topliss-reactive ketones (excluding diaryl/α,β-unsaturated/α-hetero) is 1. The van der Waals surface area contributed by atoms with Crippen LogP contribution in [0.4, 0.5) is 0 Å². The van der Waals surface area contributed by atoms with Gasteiger partial charge in [-0.05, 0) is 18.4 Å². The van der Waals surface area contributed by atoms with Gasteiger partial charge >= 0.3 is 5.97 Å². The first-order valence-corrected chi connectivity index (χ1v) is 8.71. The molecule has 0 aliphatic heterocycles. The van der Waals surface area contributed by atoms with Crippen molar-refractivity contribution < 1.29 is 23.9 Å². The van der Waals surface area contributed by atoms with E-state index in [1.165, 1.54) is 0 Å². The van der Waals surface area contributed by atoms with E-state index in [4.69, 9.17) is 9.47 Å². The highest BCUT2D eigenvalue weighted by atomic mass is 16.5. The van der Waals surface area contributed by atoms with Gasteiger partial charge in [0.25, 0.3) is 0 Å². The van der Waals surface area contributed by atoms with Crippen LogP contribution in [0.1, 0.15) is 32.8 Å². The third-order valence-electron chi connectivity index (χ3n) is 5.32. The molecule has 0 N–H and O–H groups in total. The van der Waals surface area contributed by atoms with E-state index in [9.17, 15) is 14.4 Å². The standard InChI is InChI=1S/C20H26O5/c1-4-25-19(23)18-16(12-24-11-15-8-6-5-7-9-15)20(3,13-21)14(2)10-17(18)22/h5-9,13-14,16,18H,4,10-12H2,1-3H3/t14-,16+,18+,20+/m1/s1. The summed E-state index contributed by atoms with van der Waals surface area (Å²) in [5.41, 5.74) is 0.195. The molecule has 4 atom stereocenters. The zero-order chi connectivity index (χ0) is 18.4. The van der Waals surface area contributed by atoms with Gasteiger partial charge in [-0.2, -0.15) is 0 Å². The lowest BCUT2D eigenvalue weighted by Gasteiger charge is -2.44. The Morgan fingerprint density at radius 2 is 2.00 bits per heavy atom. The van der Waals surface area contributed by atoms with Crippen molar-refractivity contribution >= 4 is 18.0 Å². The molecule has 0 unspecified atom stereocenters. The van der Waals surface area contributed by atoms with Crippen LogP contribution < -0.4 is 0 Å². The fourth-order valence-electron chi connectivity index (χ4n) is 3.48. The molecule has 25 heavy (non-hydrogen) atoms. The van der Waals surface area contributed by atoms with E-state index in [0.717, 1.165) is 11.8 Å². The molecular weight excluding hydrogens is 320 g/mol. The van der Waals surface area contributed by atoms with Gasteiger partial charge in [0.15, 0.2) is 0 Å². The minimum Gasteiger partial charge on any atom is -0.465 e. The van der Waals surface area contributed by atoms with Crippen LogP contribution in [0.15, 0.2) is 30.3 Å². The predicted octanol–water partition coefficient (Wildman–Crippen LogP) is 2.81. The maximum absolute atomic E-state index is 12.5. The third kappa shape index (κ3) is 4.15. The summed E-state index contributed by atoms with van der Waals surface area (Å²) in [6.45, 7) is 6.10. The summed E-state index contributed by atoms with van der Waals surface area (Å²) in [7, 11) is 0. The molecule has 5 heteroatoms. The van der Waals surface area contributed by atoms with E-state index in [2.05, 4.69) is 0 Å². The number of ketones is 1. The lowest BCUT2D eigenvalue weighted by atomic mass is 9.58. The van der Waals surface area contributed by atoms with Crippen molar-refractivity contribution in [3.05, 3.63) is 35.9 Å². The molecule has 0 saturated heterocycles.